The van der Waals surface area contributed by atoms with Gasteiger partial charge >= 0.3 is 0 Å². The number of aromatic nitrogens is 5. The molecule has 0 aliphatic heterocycles. The quantitative estimate of drug-likeness (QED) is 0.527. The van der Waals surface area contributed by atoms with E-state index in [1.807, 2.05) is 36.5 Å². The highest BCUT2D eigenvalue weighted by Crippen LogP contribution is 2.25. The Kier molecular flexibility index (Phi) is 2.47. The van der Waals surface area contributed by atoms with Gasteiger partial charge in [-0.3, -0.25) is 4.98 Å². The number of nitrogens with zero attached hydrogens (tertiary/aromatic N) is 6. The Hall–Kier alpha value is -3.15. The van der Waals surface area contributed by atoms with Gasteiger partial charge in [-0.15, -0.1) is 5.10 Å². The Morgan fingerprint density at radius 3 is 2.90 bits per heavy atom. The van der Waals surface area contributed by atoms with Gasteiger partial charge in [0.05, 0.1) is 28.4 Å². The highest BCUT2D eigenvalue weighted by atomic mass is 15.3. The van der Waals surface area contributed by atoms with E-state index in [2.05, 4.69) is 31.8 Å². The molecule has 0 atom stereocenters. The van der Waals surface area contributed by atoms with Gasteiger partial charge in [0.2, 0.25) is 0 Å². The Morgan fingerprint density at radius 1 is 1.05 bits per heavy atom. The molecule has 0 spiro atoms. The first-order chi connectivity index (χ1) is 10.3. The summed E-state index contributed by atoms with van der Waals surface area (Å²) in [4.78, 5) is 16.8. The summed E-state index contributed by atoms with van der Waals surface area (Å²) in [7, 11) is 0. The highest BCUT2D eigenvalue weighted by Gasteiger charge is 2.09. The lowest BCUT2D eigenvalue weighted by molar-refractivity contribution is 0.904. The minimum atomic E-state index is 0.348. The van der Waals surface area contributed by atoms with Gasteiger partial charge in [0.1, 0.15) is 0 Å². The lowest BCUT2D eigenvalue weighted by atomic mass is 10.1. The molecule has 0 aromatic carbocycles. The average Bonchev–Trinajstić information content (AvgIpc) is 2.97. The summed E-state index contributed by atoms with van der Waals surface area (Å²) in [5, 5.41) is 4.24. The molecule has 0 fully saturated rings. The van der Waals surface area contributed by atoms with Crippen LogP contribution in [0, 0.1) is 0 Å². The lowest BCUT2D eigenvalue weighted by Gasteiger charge is -2.02. The van der Waals surface area contributed by atoms with Crippen molar-refractivity contribution in [2.24, 2.45) is 4.99 Å². The number of pyridine rings is 2. The average molecular weight is 274 g/mol. The van der Waals surface area contributed by atoms with Crippen LogP contribution >= 0.6 is 0 Å². The van der Waals surface area contributed by atoms with E-state index in [9.17, 15) is 0 Å². The van der Waals surface area contributed by atoms with Crippen LogP contribution in [0.1, 0.15) is 0 Å². The van der Waals surface area contributed by atoms with Crippen LogP contribution in [0.2, 0.25) is 0 Å². The minimum absolute atomic E-state index is 0.348. The standard InChI is InChI=1S/C15H10N6/c1-16-15-18-9-14-10(6-8-21(14)20-15)11-4-5-12-13(19-11)3-2-7-17-12/h2-9H,1H2. The number of hydrogen-bond donors (Lipinski definition) is 0. The third-order valence-electron chi connectivity index (χ3n) is 3.28. The van der Waals surface area contributed by atoms with E-state index in [4.69, 9.17) is 0 Å². The predicted molar refractivity (Wildman–Crippen MR) is 80.7 cm³/mol. The van der Waals surface area contributed by atoms with Crippen molar-refractivity contribution in [1.29, 1.82) is 0 Å². The largest absolute Gasteiger partial charge is 0.266 e. The van der Waals surface area contributed by atoms with Crippen molar-refractivity contribution in [2.75, 3.05) is 0 Å². The third kappa shape index (κ3) is 1.85. The van der Waals surface area contributed by atoms with Gasteiger partial charge in [0.25, 0.3) is 5.95 Å². The van der Waals surface area contributed by atoms with Gasteiger partial charge in [0, 0.05) is 18.0 Å². The van der Waals surface area contributed by atoms with Gasteiger partial charge < -0.3 is 0 Å². The van der Waals surface area contributed by atoms with Crippen molar-refractivity contribution >= 4 is 29.2 Å². The predicted octanol–water partition coefficient (Wildman–Crippen LogP) is 2.67. The van der Waals surface area contributed by atoms with E-state index in [-0.39, 0.29) is 0 Å². The molecule has 0 aliphatic carbocycles. The minimum Gasteiger partial charge on any atom is -0.255 e. The topological polar surface area (TPSA) is 68.3 Å². The molecule has 4 rings (SSSR count). The van der Waals surface area contributed by atoms with Crippen LogP contribution in [0.25, 0.3) is 27.8 Å². The van der Waals surface area contributed by atoms with Crippen LogP contribution in [0.5, 0.6) is 0 Å². The van der Waals surface area contributed by atoms with Crippen molar-refractivity contribution < 1.29 is 0 Å². The maximum Gasteiger partial charge on any atom is 0.266 e. The second kappa shape index (κ2) is 4.45. The summed E-state index contributed by atoms with van der Waals surface area (Å²) >= 11 is 0. The Bertz CT molecular complexity index is 972. The van der Waals surface area contributed by atoms with E-state index in [0.717, 1.165) is 27.8 Å². The monoisotopic (exact) mass is 274 g/mol. The van der Waals surface area contributed by atoms with Crippen LogP contribution in [-0.4, -0.2) is 31.3 Å². The summed E-state index contributed by atoms with van der Waals surface area (Å²) in [6.45, 7) is 3.43. The molecule has 0 saturated carbocycles. The molecule has 4 heterocycles. The first-order valence-corrected chi connectivity index (χ1v) is 6.38. The fraction of sp³-hybridized carbons (Fsp3) is 0. The lowest BCUT2D eigenvalue weighted by Crippen LogP contribution is -1.92. The van der Waals surface area contributed by atoms with Crippen molar-refractivity contribution in [3.63, 3.8) is 0 Å². The molecular formula is C15H10N6. The second-order valence-electron chi connectivity index (χ2n) is 4.51. The molecule has 21 heavy (non-hydrogen) atoms. The zero-order valence-electron chi connectivity index (χ0n) is 11.0. The van der Waals surface area contributed by atoms with Crippen molar-refractivity contribution in [3.8, 4) is 11.3 Å². The molecule has 100 valence electrons. The number of rotatable bonds is 2. The molecule has 4 aromatic heterocycles. The molecule has 0 saturated heterocycles. The molecule has 4 aromatic rings. The van der Waals surface area contributed by atoms with E-state index in [1.54, 1.807) is 16.9 Å². The fourth-order valence-corrected chi connectivity index (χ4v) is 2.29. The van der Waals surface area contributed by atoms with E-state index in [0.29, 0.717) is 5.95 Å². The fourth-order valence-electron chi connectivity index (χ4n) is 2.29. The van der Waals surface area contributed by atoms with Crippen LogP contribution in [0.3, 0.4) is 0 Å². The molecule has 0 amide bonds. The normalized spacial score (nSPS) is 11.0. The molecular weight excluding hydrogens is 264 g/mol. The number of aliphatic imine (C=N–C) groups is 1. The summed E-state index contributed by atoms with van der Waals surface area (Å²) in [5.41, 5.74) is 4.44. The molecule has 6 nitrogen and oxygen atoms in total. The van der Waals surface area contributed by atoms with Gasteiger partial charge in [-0.2, -0.15) is 0 Å². The van der Waals surface area contributed by atoms with Crippen molar-refractivity contribution in [3.05, 3.63) is 48.9 Å². The highest BCUT2D eigenvalue weighted by molar-refractivity contribution is 5.83. The summed E-state index contributed by atoms with van der Waals surface area (Å²) in [6.07, 6.45) is 5.34. The van der Waals surface area contributed by atoms with Crippen molar-refractivity contribution in [1.82, 2.24) is 24.6 Å². The van der Waals surface area contributed by atoms with Crippen LogP contribution in [0.15, 0.2) is 53.9 Å². The molecule has 0 radical (unpaired) electrons. The molecule has 0 bridgehead atoms. The summed E-state index contributed by atoms with van der Waals surface area (Å²) in [6, 6.07) is 9.69. The van der Waals surface area contributed by atoms with E-state index >= 15 is 0 Å². The molecule has 0 N–H and O–H groups in total. The SMILES string of the molecule is C=Nc1ncc2c(-c3ccc4ncccc4n3)ccn2n1. The van der Waals surface area contributed by atoms with E-state index < -0.39 is 0 Å². The smallest absolute Gasteiger partial charge is 0.255 e. The summed E-state index contributed by atoms with van der Waals surface area (Å²) < 4.78 is 1.72. The zero-order chi connectivity index (χ0) is 14.2. The Labute approximate surface area is 119 Å². The molecule has 0 aliphatic rings. The van der Waals surface area contributed by atoms with Crippen LogP contribution in [0.4, 0.5) is 5.95 Å². The first-order valence-electron chi connectivity index (χ1n) is 6.38. The van der Waals surface area contributed by atoms with E-state index in [1.165, 1.54) is 0 Å². The van der Waals surface area contributed by atoms with Crippen LogP contribution < -0.4 is 0 Å². The second-order valence-corrected chi connectivity index (χ2v) is 4.51. The van der Waals surface area contributed by atoms with Gasteiger partial charge in [-0.05, 0) is 37.0 Å². The van der Waals surface area contributed by atoms with Crippen molar-refractivity contribution in [2.45, 2.75) is 0 Å². The molecule has 0 unspecified atom stereocenters. The van der Waals surface area contributed by atoms with Gasteiger partial charge in [-0.25, -0.2) is 19.5 Å². The maximum absolute atomic E-state index is 4.64. The first kappa shape index (κ1) is 11.7. The number of fused-ring (bicyclic) bond motifs is 2. The van der Waals surface area contributed by atoms with Gasteiger partial charge in [-0.1, -0.05) is 0 Å². The zero-order valence-corrected chi connectivity index (χ0v) is 11.0. The Balaban J connectivity index is 1.93. The third-order valence-corrected chi connectivity index (χ3v) is 3.28. The Morgan fingerprint density at radius 2 is 2.00 bits per heavy atom. The summed E-state index contributed by atoms with van der Waals surface area (Å²) in [5.74, 6) is 0.348. The maximum atomic E-state index is 4.64. The molecule has 6 heteroatoms. The number of hydrogen-bond acceptors (Lipinski definition) is 5. The van der Waals surface area contributed by atoms with Gasteiger partial charge in [0.15, 0.2) is 0 Å². The van der Waals surface area contributed by atoms with Crippen LogP contribution in [-0.2, 0) is 0 Å².